The lowest BCUT2D eigenvalue weighted by Crippen LogP contribution is -2.36. The number of aromatic nitrogens is 2. The van der Waals surface area contributed by atoms with Gasteiger partial charge in [0.2, 0.25) is 0 Å². The van der Waals surface area contributed by atoms with Gasteiger partial charge in [-0.15, -0.1) is 0 Å². The van der Waals surface area contributed by atoms with Crippen LogP contribution in [0.1, 0.15) is 56.0 Å². The molecule has 2 amide bonds. The quantitative estimate of drug-likeness (QED) is 0.471. The van der Waals surface area contributed by atoms with Crippen molar-refractivity contribution in [3.63, 3.8) is 0 Å². The molecule has 164 valence electrons. The number of rotatable bonds is 5. The number of halogens is 2. The maximum atomic E-state index is 13.1. The largest absolute Gasteiger partial charge is 0.339 e. The molecular formula is C23H20BrClN4O3. The fourth-order valence-electron chi connectivity index (χ4n) is 3.67. The first kappa shape index (κ1) is 22.2. The molecule has 2 aromatic carbocycles. The molecule has 0 unspecified atom stereocenters. The third-order valence-electron chi connectivity index (χ3n) is 5.30. The van der Waals surface area contributed by atoms with Crippen molar-refractivity contribution in [2.24, 2.45) is 0 Å². The molecule has 4 rings (SSSR count). The van der Waals surface area contributed by atoms with Crippen LogP contribution in [0.4, 0.5) is 5.69 Å². The van der Waals surface area contributed by atoms with Gasteiger partial charge in [0.25, 0.3) is 11.8 Å². The second kappa shape index (κ2) is 9.67. The number of nitrogens with zero attached hydrogens (tertiary/aromatic N) is 2. The number of ketones is 1. The van der Waals surface area contributed by atoms with Gasteiger partial charge in [-0.1, -0.05) is 39.7 Å². The van der Waals surface area contributed by atoms with Crippen LogP contribution in [-0.2, 0) is 0 Å². The molecule has 0 atom stereocenters. The van der Waals surface area contributed by atoms with Crippen LogP contribution >= 0.6 is 27.5 Å². The second-order valence-corrected chi connectivity index (χ2v) is 8.85. The van der Waals surface area contributed by atoms with E-state index in [2.05, 4.69) is 31.4 Å². The van der Waals surface area contributed by atoms with Crippen molar-refractivity contribution < 1.29 is 14.4 Å². The van der Waals surface area contributed by atoms with Crippen LogP contribution in [0.15, 0.2) is 53.1 Å². The minimum atomic E-state index is -0.551. The van der Waals surface area contributed by atoms with E-state index in [4.69, 9.17) is 11.6 Å². The Hall–Kier alpha value is -2.97. The van der Waals surface area contributed by atoms with Gasteiger partial charge in [-0.05, 0) is 49.6 Å². The Morgan fingerprint density at radius 3 is 2.56 bits per heavy atom. The van der Waals surface area contributed by atoms with E-state index < -0.39 is 5.91 Å². The predicted octanol–water partition coefficient (Wildman–Crippen LogP) is 4.94. The van der Waals surface area contributed by atoms with Crippen molar-refractivity contribution >= 4 is 50.8 Å². The third-order valence-corrected chi connectivity index (χ3v) is 6.03. The van der Waals surface area contributed by atoms with E-state index in [1.54, 1.807) is 47.4 Å². The number of benzene rings is 2. The zero-order chi connectivity index (χ0) is 22.7. The molecule has 0 spiro atoms. The van der Waals surface area contributed by atoms with E-state index in [1.165, 1.54) is 6.20 Å². The van der Waals surface area contributed by atoms with Crippen molar-refractivity contribution in [1.82, 2.24) is 15.1 Å². The summed E-state index contributed by atoms with van der Waals surface area (Å²) < 4.78 is 0.684. The second-order valence-electron chi connectivity index (χ2n) is 7.50. The molecule has 1 saturated heterocycles. The summed E-state index contributed by atoms with van der Waals surface area (Å²) in [4.78, 5) is 40.8. The van der Waals surface area contributed by atoms with E-state index in [0.717, 1.165) is 19.3 Å². The number of carbonyl (C=O) groups excluding carboxylic acids is 3. The van der Waals surface area contributed by atoms with Crippen molar-refractivity contribution in [3.8, 4) is 0 Å². The highest BCUT2D eigenvalue weighted by atomic mass is 79.9. The molecule has 9 heteroatoms. The van der Waals surface area contributed by atoms with Gasteiger partial charge >= 0.3 is 0 Å². The highest BCUT2D eigenvalue weighted by molar-refractivity contribution is 9.10. The zero-order valence-electron chi connectivity index (χ0n) is 17.0. The number of H-pyrrole nitrogens is 1. The van der Waals surface area contributed by atoms with Crippen molar-refractivity contribution in [2.45, 2.75) is 19.3 Å². The first-order valence-electron chi connectivity index (χ1n) is 10.2. The maximum Gasteiger partial charge on any atom is 0.274 e. The van der Waals surface area contributed by atoms with Crippen molar-refractivity contribution in [3.05, 3.63) is 80.5 Å². The molecule has 1 fully saturated rings. The molecule has 0 saturated carbocycles. The summed E-state index contributed by atoms with van der Waals surface area (Å²) in [5.41, 5.74) is 1.27. The van der Waals surface area contributed by atoms with E-state index in [-0.39, 0.29) is 22.9 Å². The molecule has 32 heavy (non-hydrogen) atoms. The fraction of sp³-hybridized carbons (Fsp3) is 0.217. The topological polar surface area (TPSA) is 95.2 Å². The third kappa shape index (κ3) is 4.76. The van der Waals surface area contributed by atoms with Gasteiger partial charge in [0.1, 0.15) is 5.69 Å². The number of carbonyl (C=O) groups is 3. The lowest BCUT2D eigenvalue weighted by atomic mass is 10.0. The fourth-order valence-corrected chi connectivity index (χ4v) is 4.22. The highest BCUT2D eigenvalue weighted by Crippen LogP contribution is 2.26. The number of anilines is 1. The van der Waals surface area contributed by atoms with Gasteiger partial charge in [-0.2, -0.15) is 5.10 Å². The highest BCUT2D eigenvalue weighted by Gasteiger charge is 2.26. The van der Waals surface area contributed by atoms with E-state index in [0.29, 0.717) is 39.4 Å². The molecule has 0 radical (unpaired) electrons. The minimum absolute atomic E-state index is 0.0599. The Bertz CT molecular complexity index is 1190. The van der Waals surface area contributed by atoms with Crippen LogP contribution in [0, 0.1) is 0 Å². The number of likely N-dealkylation sites (tertiary alicyclic amines) is 1. The number of hydrogen-bond acceptors (Lipinski definition) is 4. The van der Waals surface area contributed by atoms with Gasteiger partial charge in [-0.25, -0.2) is 0 Å². The molecule has 3 aromatic rings. The normalized spacial score (nSPS) is 13.6. The molecule has 2 heterocycles. The van der Waals surface area contributed by atoms with Gasteiger partial charge in [0, 0.05) is 33.7 Å². The number of hydrogen-bond donors (Lipinski definition) is 2. The molecular weight excluding hydrogens is 496 g/mol. The molecule has 0 bridgehead atoms. The number of nitrogens with one attached hydrogen (secondary N) is 2. The maximum absolute atomic E-state index is 13.1. The summed E-state index contributed by atoms with van der Waals surface area (Å²) in [6.45, 7) is 1.33. The summed E-state index contributed by atoms with van der Waals surface area (Å²) >= 11 is 9.41. The zero-order valence-corrected chi connectivity index (χ0v) is 19.4. The van der Waals surface area contributed by atoms with Gasteiger partial charge < -0.3 is 10.2 Å². The van der Waals surface area contributed by atoms with Crippen LogP contribution in [0.2, 0.25) is 5.02 Å². The molecule has 0 aliphatic carbocycles. The number of amides is 2. The van der Waals surface area contributed by atoms with Gasteiger partial charge in [-0.3, -0.25) is 19.5 Å². The Morgan fingerprint density at radius 1 is 1.03 bits per heavy atom. The van der Waals surface area contributed by atoms with Crippen LogP contribution in [0.5, 0.6) is 0 Å². The van der Waals surface area contributed by atoms with E-state index in [9.17, 15) is 14.4 Å². The SMILES string of the molecule is O=C(c1cccc(Cl)c1)c1cc(Br)ccc1NC(=O)c1[nH]ncc1C(=O)N1CCCCC1. The summed E-state index contributed by atoms with van der Waals surface area (Å²) in [7, 11) is 0. The Kier molecular flexibility index (Phi) is 6.72. The smallest absolute Gasteiger partial charge is 0.274 e. The lowest BCUT2D eigenvalue weighted by molar-refractivity contribution is 0.0720. The van der Waals surface area contributed by atoms with Crippen LogP contribution in [-0.4, -0.2) is 45.8 Å². The van der Waals surface area contributed by atoms with Crippen LogP contribution < -0.4 is 5.32 Å². The van der Waals surface area contributed by atoms with Gasteiger partial charge in [0.05, 0.1) is 17.4 Å². The average molecular weight is 516 g/mol. The first-order chi connectivity index (χ1) is 15.4. The van der Waals surface area contributed by atoms with E-state index >= 15 is 0 Å². The Morgan fingerprint density at radius 2 is 1.81 bits per heavy atom. The summed E-state index contributed by atoms with van der Waals surface area (Å²) in [6.07, 6.45) is 4.35. The molecule has 1 aliphatic heterocycles. The predicted molar refractivity (Wildman–Crippen MR) is 125 cm³/mol. The van der Waals surface area contributed by atoms with Crippen molar-refractivity contribution in [1.29, 1.82) is 0 Å². The summed E-state index contributed by atoms with van der Waals surface area (Å²) in [5.74, 6) is -1.07. The van der Waals surface area contributed by atoms with Gasteiger partial charge in [0.15, 0.2) is 5.78 Å². The summed E-state index contributed by atoms with van der Waals surface area (Å²) in [6, 6.07) is 11.6. The molecule has 1 aliphatic rings. The molecule has 1 aromatic heterocycles. The van der Waals surface area contributed by atoms with E-state index in [1.807, 2.05) is 0 Å². The summed E-state index contributed by atoms with van der Waals surface area (Å²) in [5, 5.41) is 9.72. The minimum Gasteiger partial charge on any atom is -0.339 e. The molecule has 7 nitrogen and oxygen atoms in total. The Balaban J connectivity index is 1.60. The monoisotopic (exact) mass is 514 g/mol. The average Bonchev–Trinajstić information content (AvgIpc) is 3.30. The van der Waals surface area contributed by atoms with Crippen LogP contribution in [0.3, 0.4) is 0 Å². The molecule has 2 N–H and O–H groups in total. The number of piperidine rings is 1. The Labute approximate surface area is 198 Å². The number of aromatic amines is 1. The lowest BCUT2D eigenvalue weighted by Gasteiger charge is -2.26. The first-order valence-corrected chi connectivity index (χ1v) is 11.3. The van der Waals surface area contributed by atoms with Crippen molar-refractivity contribution in [2.75, 3.05) is 18.4 Å². The standard InChI is InChI=1S/C23H20BrClN4O3/c24-15-7-8-19(17(12-15)21(30)14-5-4-6-16(25)11-14)27-22(31)20-18(13-26-28-20)23(32)29-9-2-1-3-10-29/h4-8,11-13H,1-3,9-10H2,(H,26,28)(H,27,31). The van der Waals surface area contributed by atoms with Crippen LogP contribution in [0.25, 0.3) is 0 Å².